The van der Waals surface area contributed by atoms with Crippen LogP contribution in [-0.2, 0) is 16.0 Å². The number of esters is 1. The van der Waals surface area contributed by atoms with E-state index in [2.05, 4.69) is 10.3 Å². The maximum atomic E-state index is 11.9. The Kier molecular flexibility index (Phi) is 5.08. The lowest BCUT2D eigenvalue weighted by atomic mass is 10.2. The zero-order chi connectivity index (χ0) is 16.8. The minimum atomic E-state index is -0.668. The average molecular weight is 317 g/mol. The van der Waals surface area contributed by atoms with E-state index in [1.165, 1.54) is 12.1 Å². The van der Waals surface area contributed by atoms with Crippen molar-refractivity contribution in [1.29, 1.82) is 0 Å². The molecular weight excluding hydrogens is 302 g/mol. The first kappa shape index (κ1) is 16.2. The molecule has 0 fully saturated rings. The first-order chi connectivity index (χ1) is 11.0. The number of carbonyl (C=O) groups excluding carboxylic acids is 2. The van der Waals surface area contributed by atoms with E-state index in [9.17, 15) is 19.2 Å². The number of anilines is 1. The molecule has 8 heteroatoms. The molecule has 0 bridgehead atoms. The van der Waals surface area contributed by atoms with Gasteiger partial charge in [-0.1, -0.05) is 0 Å². The second-order valence-electron chi connectivity index (χ2n) is 4.64. The molecule has 0 aliphatic heterocycles. The highest BCUT2D eigenvalue weighted by atomic mass is 16.5. The maximum Gasteiger partial charge on any atom is 0.338 e. The minimum Gasteiger partial charge on any atom is -0.462 e. The third-order valence-corrected chi connectivity index (χ3v) is 2.85. The maximum absolute atomic E-state index is 11.9. The number of benzene rings is 1. The molecule has 1 aromatic heterocycles. The summed E-state index contributed by atoms with van der Waals surface area (Å²) in [6.45, 7) is 2.00. The Balaban J connectivity index is 2.01. The van der Waals surface area contributed by atoms with Crippen LogP contribution in [0.15, 0.2) is 39.9 Å². The lowest BCUT2D eigenvalue weighted by Gasteiger charge is -2.06. The van der Waals surface area contributed by atoms with E-state index in [0.717, 1.165) is 6.07 Å². The quantitative estimate of drug-likeness (QED) is 0.690. The number of aromatic amines is 2. The van der Waals surface area contributed by atoms with Gasteiger partial charge in [0.2, 0.25) is 5.91 Å². The van der Waals surface area contributed by atoms with Crippen molar-refractivity contribution in [2.45, 2.75) is 13.3 Å². The van der Waals surface area contributed by atoms with E-state index in [0.29, 0.717) is 11.3 Å². The van der Waals surface area contributed by atoms with Crippen molar-refractivity contribution in [2.24, 2.45) is 0 Å². The topological polar surface area (TPSA) is 121 Å². The second kappa shape index (κ2) is 7.21. The Morgan fingerprint density at radius 3 is 2.43 bits per heavy atom. The van der Waals surface area contributed by atoms with Gasteiger partial charge >= 0.3 is 11.7 Å². The molecule has 120 valence electrons. The molecule has 1 amide bonds. The molecule has 2 aromatic rings. The molecule has 0 saturated carbocycles. The minimum absolute atomic E-state index is 0.154. The van der Waals surface area contributed by atoms with Gasteiger partial charge in [-0.2, -0.15) is 0 Å². The SMILES string of the molecule is CCOC(=O)c1ccc(NC(=O)Cc2cc(=O)[nH]c(=O)[nH]2)cc1. The largest absolute Gasteiger partial charge is 0.462 e. The molecule has 0 radical (unpaired) electrons. The molecule has 2 rings (SSSR count). The van der Waals surface area contributed by atoms with Crippen LogP contribution >= 0.6 is 0 Å². The van der Waals surface area contributed by atoms with Gasteiger partial charge in [0.05, 0.1) is 18.6 Å². The summed E-state index contributed by atoms with van der Waals surface area (Å²) in [6.07, 6.45) is -0.154. The molecule has 0 aliphatic carbocycles. The smallest absolute Gasteiger partial charge is 0.338 e. The van der Waals surface area contributed by atoms with Gasteiger partial charge in [-0.3, -0.25) is 14.6 Å². The van der Waals surface area contributed by atoms with E-state index < -0.39 is 23.1 Å². The molecule has 0 saturated heterocycles. The number of hydrogen-bond acceptors (Lipinski definition) is 5. The fraction of sp³-hybridized carbons (Fsp3) is 0.200. The molecule has 1 heterocycles. The summed E-state index contributed by atoms with van der Waals surface area (Å²) in [5.41, 5.74) is -0.173. The van der Waals surface area contributed by atoms with Crippen LogP contribution < -0.4 is 16.6 Å². The van der Waals surface area contributed by atoms with Crippen molar-refractivity contribution in [3.63, 3.8) is 0 Å². The molecule has 0 spiro atoms. The van der Waals surface area contributed by atoms with Crippen LogP contribution in [0, 0.1) is 0 Å². The summed E-state index contributed by atoms with van der Waals surface area (Å²) >= 11 is 0. The van der Waals surface area contributed by atoms with Crippen molar-refractivity contribution >= 4 is 17.6 Å². The van der Waals surface area contributed by atoms with Crippen LogP contribution in [0.3, 0.4) is 0 Å². The number of nitrogens with one attached hydrogen (secondary N) is 3. The van der Waals surface area contributed by atoms with Crippen LogP contribution in [0.5, 0.6) is 0 Å². The average Bonchev–Trinajstić information content (AvgIpc) is 2.47. The van der Waals surface area contributed by atoms with Crippen molar-refractivity contribution < 1.29 is 14.3 Å². The Labute approximate surface area is 130 Å². The predicted octanol–water partition coefficient (Wildman–Crippen LogP) is 0.421. The molecular formula is C15H15N3O5. The van der Waals surface area contributed by atoms with E-state index in [1.54, 1.807) is 19.1 Å². The fourth-order valence-corrected chi connectivity index (χ4v) is 1.90. The number of amides is 1. The Hall–Kier alpha value is -3.16. The van der Waals surface area contributed by atoms with Crippen LogP contribution in [0.25, 0.3) is 0 Å². The van der Waals surface area contributed by atoms with E-state index in [-0.39, 0.29) is 18.7 Å². The number of H-pyrrole nitrogens is 2. The van der Waals surface area contributed by atoms with Gasteiger partial charge in [0, 0.05) is 17.4 Å². The summed E-state index contributed by atoms with van der Waals surface area (Å²) in [6, 6.07) is 7.33. The number of ether oxygens (including phenoxy) is 1. The van der Waals surface area contributed by atoms with Gasteiger partial charge in [0.15, 0.2) is 0 Å². The van der Waals surface area contributed by atoms with Crippen LogP contribution in [0.1, 0.15) is 23.0 Å². The third kappa shape index (κ3) is 4.67. The van der Waals surface area contributed by atoms with Gasteiger partial charge in [0.25, 0.3) is 5.56 Å². The van der Waals surface area contributed by atoms with E-state index in [4.69, 9.17) is 4.74 Å². The Morgan fingerprint density at radius 1 is 1.13 bits per heavy atom. The summed E-state index contributed by atoms with van der Waals surface area (Å²) in [5.74, 6) is -0.846. The summed E-state index contributed by atoms with van der Waals surface area (Å²) in [4.78, 5) is 50.1. The van der Waals surface area contributed by atoms with Crippen LogP contribution in [0.4, 0.5) is 5.69 Å². The first-order valence-corrected chi connectivity index (χ1v) is 6.87. The molecule has 8 nitrogen and oxygen atoms in total. The van der Waals surface area contributed by atoms with E-state index in [1.807, 2.05) is 4.98 Å². The zero-order valence-corrected chi connectivity index (χ0v) is 12.3. The standard InChI is InChI=1S/C15H15N3O5/c1-2-23-14(21)9-3-5-10(6-4-9)16-12(19)7-11-8-13(20)18-15(22)17-11/h3-6,8H,2,7H2,1H3,(H,16,19)(H2,17,18,20,22). The molecule has 0 aliphatic rings. The van der Waals surface area contributed by atoms with Crippen molar-refractivity contribution in [3.8, 4) is 0 Å². The summed E-state index contributed by atoms with van der Waals surface area (Å²) in [7, 11) is 0. The van der Waals surface area contributed by atoms with Gasteiger partial charge < -0.3 is 15.0 Å². The zero-order valence-electron chi connectivity index (χ0n) is 12.3. The lowest BCUT2D eigenvalue weighted by molar-refractivity contribution is -0.115. The van der Waals surface area contributed by atoms with Gasteiger partial charge in [-0.05, 0) is 31.2 Å². The number of carbonyl (C=O) groups is 2. The molecule has 0 unspecified atom stereocenters. The monoisotopic (exact) mass is 317 g/mol. The van der Waals surface area contributed by atoms with Crippen LogP contribution in [-0.4, -0.2) is 28.5 Å². The number of rotatable bonds is 5. The Morgan fingerprint density at radius 2 is 1.83 bits per heavy atom. The molecule has 3 N–H and O–H groups in total. The second-order valence-corrected chi connectivity index (χ2v) is 4.64. The van der Waals surface area contributed by atoms with Crippen molar-refractivity contribution in [2.75, 3.05) is 11.9 Å². The third-order valence-electron chi connectivity index (χ3n) is 2.85. The summed E-state index contributed by atoms with van der Waals surface area (Å²) < 4.78 is 4.86. The highest BCUT2D eigenvalue weighted by molar-refractivity contribution is 5.93. The van der Waals surface area contributed by atoms with E-state index >= 15 is 0 Å². The fourth-order valence-electron chi connectivity index (χ4n) is 1.90. The number of aromatic nitrogens is 2. The highest BCUT2D eigenvalue weighted by Crippen LogP contribution is 2.11. The molecule has 0 atom stereocenters. The van der Waals surface area contributed by atoms with Gasteiger partial charge in [-0.25, -0.2) is 9.59 Å². The molecule has 23 heavy (non-hydrogen) atoms. The summed E-state index contributed by atoms with van der Waals surface area (Å²) in [5, 5.41) is 2.60. The van der Waals surface area contributed by atoms with Crippen molar-refractivity contribution in [3.05, 3.63) is 62.4 Å². The number of hydrogen-bond donors (Lipinski definition) is 3. The normalized spacial score (nSPS) is 10.1. The molecule has 1 aromatic carbocycles. The Bertz CT molecular complexity index is 792. The van der Waals surface area contributed by atoms with Crippen molar-refractivity contribution in [1.82, 2.24) is 9.97 Å². The lowest BCUT2D eigenvalue weighted by Crippen LogP contribution is -2.25. The predicted molar refractivity (Wildman–Crippen MR) is 82.4 cm³/mol. The van der Waals surface area contributed by atoms with Crippen LogP contribution in [0.2, 0.25) is 0 Å². The van der Waals surface area contributed by atoms with Gasteiger partial charge in [0.1, 0.15) is 0 Å². The first-order valence-electron chi connectivity index (χ1n) is 6.87. The highest BCUT2D eigenvalue weighted by Gasteiger charge is 2.08. The van der Waals surface area contributed by atoms with Gasteiger partial charge in [-0.15, -0.1) is 0 Å².